The molecule has 5 heteroatoms. The Labute approximate surface area is 146 Å². The van der Waals surface area contributed by atoms with Crippen LogP contribution in [-0.4, -0.2) is 18.4 Å². The van der Waals surface area contributed by atoms with E-state index in [0.717, 1.165) is 36.3 Å². The van der Waals surface area contributed by atoms with Crippen LogP contribution >= 0.6 is 0 Å². The highest BCUT2D eigenvalue weighted by Crippen LogP contribution is 2.32. The number of anilines is 1. The van der Waals surface area contributed by atoms with Crippen molar-refractivity contribution in [2.24, 2.45) is 5.92 Å². The van der Waals surface area contributed by atoms with E-state index in [4.69, 9.17) is 4.74 Å². The van der Waals surface area contributed by atoms with Crippen molar-refractivity contribution in [2.75, 3.05) is 11.9 Å². The molecule has 2 aromatic rings. The Hall–Kier alpha value is -2.82. The zero-order chi connectivity index (χ0) is 17.2. The van der Waals surface area contributed by atoms with Crippen LogP contribution in [0, 0.1) is 5.92 Å². The Morgan fingerprint density at radius 3 is 2.48 bits per heavy atom. The zero-order valence-electron chi connectivity index (χ0n) is 13.8. The average Bonchev–Trinajstić information content (AvgIpc) is 3.48. The van der Waals surface area contributed by atoms with E-state index in [0.29, 0.717) is 12.2 Å². The van der Waals surface area contributed by atoms with Crippen LogP contribution in [0.2, 0.25) is 0 Å². The monoisotopic (exact) mass is 336 g/mol. The van der Waals surface area contributed by atoms with E-state index in [2.05, 4.69) is 10.6 Å². The first-order valence-corrected chi connectivity index (χ1v) is 8.64. The standard InChI is InChI=1S/C20H20N2O3/c23-19(13-5-6-13)21-15-9-7-14(8-10-15)20(24)22-17-11-12-25-18-4-2-1-3-16(17)18/h1-4,7-10,13,17H,5-6,11-12H2,(H,21,23)(H,22,24). The molecule has 1 unspecified atom stereocenters. The third kappa shape index (κ3) is 3.50. The number of carbonyl (C=O) groups excluding carboxylic acids is 2. The summed E-state index contributed by atoms with van der Waals surface area (Å²) in [6.07, 6.45) is 2.69. The van der Waals surface area contributed by atoms with Gasteiger partial charge in [0.1, 0.15) is 5.75 Å². The number of rotatable bonds is 4. The molecule has 0 bridgehead atoms. The van der Waals surface area contributed by atoms with Gasteiger partial charge in [-0.05, 0) is 43.2 Å². The molecule has 2 aliphatic rings. The first kappa shape index (κ1) is 15.7. The van der Waals surface area contributed by atoms with E-state index in [1.54, 1.807) is 24.3 Å². The SMILES string of the molecule is O=C(NC1CCOc2ccccc21)c1ccc(NC(=O)C2CC2)cc1. The number of para-hydroxylation sites is 1. The van der Waals surface area contributed by atoms with E-state index in [1.807, 2.05) is 24.3 Å². The van der Waals surface area contributed by atoms with Gasteiger partial charge < -0.3 is 15.4 Å². The Bertz CT molecular complexity index is 797. The molecule has 0 radical (unpaired) electrons. The largest absolute Gasteiger partial charge is 0.493 e. The first-order chi connectivity index (χ1) is 12.2. The lowest BCUT2D eigenvalue weighted by Gasteiger charge is -2.26. The molecule has 2 aromatic carbocycles. The number of ether oxygens (including phenoxy) is 1. The third-order valence-corrected chi connectivity index (χ3v) is 4.63. The van der Waals surface area contributed by atoms with Gasteiger partial charge in [-0.2, -0.15) is 0 Å². The Morgan fingerprint density at radius 1 is 0.960 bits per heavy atom. The summed E-state index contributed by atoms with van der Waals surface area (Å²) in [4.78, 5) is 24.3. The molecule has 2 amide bonds. The van der Waals surface area contributed by atoms with Gasteiger partial charge in [-0.1, -0.05) is 18.2 Å². The molecule has 0 aromatic heterocycles. The molecule has 0 spiro atoms. The maximum absolute atomic E-state index is 12.5. The highest BCUT2D eigenvalue weighted by molar-refractivity contribution is 5.97. The quantitative estimate of drug-likeness (QED) is 0.900. The van der Waals surface area contributed by atoms with Crippen LogP contribution in [0.1, 0.15) is 41.2 Å². The van der Waals surface area contributed by atoms with Crippen molar-refractivity contribution in [3.8, 4) is 5.75 Å². The molecule has 5 nitrogen and oxygen atoms in total. The Morgan fingerprint density at radius 2 is 1.72 bits per heavy atom. The lowest BCUT2D eigenvalue weighted by molar-refractivity contribution is -0.117. The van der Waals surface area contributed by atoms with Crippen LogP contribution in [0.15, 0.2) is 48.5 Å². The second kappa shape index (κ2) is 6.59. The molecule has 2 N–H and O–H groups in total. The normalized spacial score (nSPS) is 18.6. The van der Waals surface area contributed by atoms with Gasteiger partial charge >= 0.3 is 0 Å². The number of carbonyl (C=O) groups is 2. The molecule has 1 heterocycles. The van der Waals surface area contributed by atoms with Crippen LogP contribution in [0.3, 0.4) is 0 Å². The second-order valence-electron chi connectivity index (χ2n) is 6.54. The fourth-order valence-electron chi connectivity index (χ4n) is 3.03. The molecule has 1 saturated carbocycles. The molecule has 128 valence electrons. The van der Waals surface area contributed by atoms with E-state index >= 15 is 0 Å². The van der Waals surface area contributed by atoms with Crippen molar-refractivity contribution in [3.05, 3.63) is 59.7 Å². The van der Waals surface area contributed by atoms with Crippen LogP contribution in [-0.2, 0) is 4.79 Å². The number of amides is 2. The van der Waals surface area contributed by atoms with E-state index < -0.39 is 0 Å². The first-order valence-electron chi connectivity index (χ1n) is 8.64. The van der Waals surface area contributed by atoms with Crippen molar-refractivity contribution in [3.63, 3.8) is 0 Å². The number of benzene rings is 2. The summed E-state index contributed by atoms with van der Waals surface area (Å²) < 4.78 is 5.63. The summed E-state index contributed by atoms with van der Waals surface area (Å²) in [5.41, 5.74) is 2.31. The minimum Gasteiger partial charge on any atom is -0.493 e. The molecular weight excluding hydrogens is 316 g/mol. The number of nitrogens with one attached hydrogen (secondary N) is 2. The Kier molecular flexibility index (Phi) is 4.14. The Balaban J connectivity index is 1.42. The maximum atomic E-state index is 12.5. The van der Waals surface area contributed by atoms with Crippen LogP contribution in [0.5, 0.6) is 5.75 Å². The van der Waals surface area contributed by atoms with E-state index in [1.165, 1.54) is 0 Å². The van der Waals surface area contributed by atoms with Gasteiger partial charge in [-0.15, -0.1) is 0 Å². The average molecular weight is 336 g/mol. The molecule has 0 saturated heterocycles. The van der Waals surface area contributed by atoms with Crippen molar-refractivity contribution < 1.29 is 14.3 Å². The van der Waals surface area contributed by atoms with E-state index in [-0.39, 0.29) is 23.8 Å². The summed E-state index contributed by atoms with van der Waals surface area (Å²) in [6, 6.07) is 14.8. The summed E-state index contributed by atoms with van der Waals surface area (Å²) in [6.45, 7) is 0.591. The van der Waals surface area contributed by atoms with Crippen molar-refractivity contribution in [1.29, 1.82) is 0 Å². The minimum absolute atomic E-state index is 0.0494. The third-order valence-electron chi connectivity index (χ3n) is 4.63. The highest BCUT2D eigenvalue weighted by Gasteiger charge is 2.29. The smallest absolute Gasteiger partial charge is 0.251 e. The fraction of sp³-hybridized carbons (Fsp3) is 0.300. The van der Waals surface area contributed by atoms with Gasteiger partial charge in [0, 0.05) is 29.2 Å². The molecule has 1 atom stereocenters. The van der Waals surface area contributed by atoms with Gasteiger partial charge in [-0.3, -0.25) is 9.59 Å². The number of hydrogen-bond donors (Lipinski definition) is 2. The molecular formula is C20H20N2O3. The van der Waals surface area contributed by atoms with Crippen molar-refractivity contribution in [1.82, 2.24) is 5.32 Å². The predicted molar refractivity (Wildman–Crippen MR) is 94.6 cm³/mol. The van der Waals surface area contributed by atoms with Gasteiger partial charge in [0.2, 0.25) is 5.91 Å². The summed E-state index contributed by atoms with van der Waals surface area (Å²) in [5, 5.41) is 5.95. The fourth-order valence-corrected chi connectivity index (χ4v) is 3.03. The summed E-state index contributed by atoms with van der Waals surface area (Å²) in [7, 11) is 0. The van der Waals surface area contributed by atoms with Crippen molar-refractivity contribution in [2.45, 2.75) is 25.3 Å². The highest BCUT2D eigenvalue weighted by atomic mass is 16.5. The molecule has 1 aliphatic carbocycles. The van der Waals surface area contributed by atoms with Gasteiger partial charge in [0.25, 0.3) is 5.91 Å². The minimum atomic E-state index is -0.123. The number of fused-ring (bicyclic) bond motifs is 1. The number of hydrogen-bond acceptors (Lipinski definition) is 3. The van der Waals surface area contributed by atoms with Gasteiger partial charge in [0.15, 0.2) is 0 Å². The zero-order valence-corrected chi connectivity index (χ0v) is 13.8. The molecule has 1 fully saturated rings. The van der Waals surface area contributed by atoms with Crippen LogP contribution in [0.25, 0.3) is 0 Å². The predicted octanol–water partition coefficient (Wildman–Crippen LogP) is 3.29. The summed E-state index contributed by atoms with van der Waals surface area (Å²) in [5.74, 6) is 0.937. The molecule has 4 rings (SSSR count). The lowest BCUT2D eigenvalue weighted by atomic mass is 10.00. The molecule has 1 aliphatic heterocycles. The second-order valence-corrected chi connectivity index (χ2v) is 6.54. The van der Waals surface area contributed by atoms with E-state index in [9.17, 15) is 9.59 Å². The lowest BCUT2D eigenvalue weighted by Crippen LogP contribution is -2.32. The van der Waals surface area contributed by atoms with Crippen LogP contribution < -0.4 is 15.4 Å². The van der Waals surface area contributed by atoms with Crippen molar-refractivity contribution >= 4 is 17.5 Å². The molecule has 25 heavy (non-hydrogen) atoms. The van der Waals surface area contributed by atoms with Gasteiger partial charge in [-0.25, -0.2) is 0 Å². The summed E-state index contributed by atoms with van der Waals surface area (Å²) >= 11 is 0. The maximum Gasteiger partial charge on any atom is 0.251 e. The topological polar surface area (TPSA) is 67.4 Å². The van der Waals surface area contributed by atoms with Crippen LogP contribution in [0.4, 0.5) is 5.69 Å². The van der Waals surface area contributed by atoms with Gasteiger partial charge in [0.05, 0.1) is 12.6 Å².